The largest absolute Gasteiger partial charge is 0.378 e. The zero-order valence-electron chi connectivity index (χ0n) is 8.00. The van der Waals surface area contributed by atoms with Crippen molar-refractivity contribution in [1.82, 2.24) is 0 Å². The maximum atomic E-state index is 5.54. The summed E-state index contributed by atoms with van der Waals surface area (Å²) in [5.41, 5.74) is 2.40. The molecule has 0 saturated carbocycles. The summed E-state index contributed by atoms with van der Waals surface area (Å²) in [7, 11) is 4.06. The highest BCUT2D eigenvalue weighted by molar-refractivity contribution is 6.19. The van der Waals surface area contributed by atoms with Crippen LogP contribution in [0, 0.1) is 0 Å². The third-order valence-electron chi connectivity index (χ3n) is 1.81. The van der Waals surface area contributed by atoms with Crippen molar-refractivity contribution in [2.75, 3.05) is 24.9 Å². The molecule has 0 aliphatic carbocycles. The van der Waals surface area contributed by atoms with Crippen LogP contribution in [-0.4, -0.2) is 20.0 Å². The molecule has 1 aromatic rings. The second kappa shape index (κ2) is 4.93. The lowest BCUT2D eigenvalue weighted by Crippen LogP contribution is -2.07. The van der Waals surface area contributed by atoms with E-state index in [9.17, 15) is 0 Å². The van der Waals surface area contributed by atoms with Crippen LogP contribution in [0.5, 0.6) is 0 Å². The first kappa shape index (κ1) is 10.1. The molecule has 1 rings (SSSR count). The summed E-state index contributed by atoms with van der Waals surface area (Å²) in [5.74, 6) is 0.565. The summed E-state index contributed by atoms with van der Waals surface area (Å²) < 4.78 is 0. The van der Waals surface area contributed by atoms with E-state index in [2.05, 4.69) is 29.2 Å². The molecule has 2 heteroatoms. The second-order valence-corrected chi connectivity index (χ2v) is 3.35. The van der Waals surface area contributed by atoms with E-state index in [1.165, 1.54) is 11.3 Å². The molecule has 70 valence electrons. The first-order valence-electron chi connectivity index (χ1n) is 4.24. The first-order valence-corrected chi connectivity index (χ1v) is 4.77. The fourth-order valence-corrected chi connectivity index (χ4v) is 1.15. The highest BCUT2D eigenvalue weighted by Gasteiger charge is 1.92. The normalized spacial score (nSPS) is 10.7. The molecule has 0 heterocycles. The smallest absolute Gasteiger partial charge is 0.0407 e. The summed E-state index contributed by atoms with van der Waals surface area (Å²) in [6.07, 6.45) is 3.96. The van der Waals surface area contributed by atoms with E-state index >= 15 is 0 Å². The number of nitrogens with zero attached hydrogens (tertiary/aromatic N) is 1. The number of hydrogen-bond acceptors (Lipinski definition) is 1. The Kier molecular flexibility index (Phi) is 3.84. The van der Waals surface area contributed by atoms with Gasteiger partial charge in [-0.1, -0.05) is 24.3 Å². The molecule has 0 amide bonds. The van der Waals surface area contributed by atoms with Crippen LogP contribution in [-0.2, 0) is 0 Å². The number of allylic oxidation sites excluding steroid dienone is 1. The Morgan fingerprint density at radius 2 is 1.85 bits per heavy atom. The van der Waals surface area contributed by atoms with Gasteiger partial charge in [0, 0.05) is 25.7 Å². The molecule has 0 saturated heterocycles. The van der Waals surface area contributed by atoms with Gasteiger partial charge < -0.3 is 4.90 Å². The molecule has 0 spiro atoms. The SMILES string of the molecule is CN(C)c1ccc(C=CCCl)cc1. The average Bonchev–Trinajstić information content (AvgIpc) is 2.15. The molecule has 0 aliphatic heterocycles. The van der Waals surface area contributed by atoms with Crippen molar-refractivity contribution >= 4 is 23.4 Å². The van der Waals surface area contributed by atoms with Crippen LogP contribution in [0.2, 0.25) is 0 Å². The van der Waals surface area contributed by atoms with Gasteiger partial charge in [0.1, 0.15) is 0 Å². The molecule has 0 N–H and O–H groups in total. The molecular weight excluding hydrogens is 182 g/mol. The van der Waals surface area contributed by atoms with E-state index in [0.29, 0.717) is 5.88 Å². The Hall–Kier alpha value is -0.950. The number of anilines is 1. The Morgan fingerprint density at radius 1 is 1.23 bits per heavy atom. The third-order valence-corrected chi connectivity index (χ3v) is 1.99. The highest BCUT2D eigenvalue weighted by Crippen LogP contribution is 2.12. The van der Waals surface area contributed by atoms with Crippen LogP contribution >= 0.6 is 11.6 Å². The zero-order chi connectivity index (χ0) is 9.68. The van der Waals surface area contributed by atoms with Crippen molar-refractivity contribution in [1.29, 1.82) is 0 Å². The van der Waals surface area contributed by atoms with Crippen LogP contribution in [0.25, 0.3) is 6.08 Å². The lowest BCUT2D eigenvalue weighted by Gasteiger charge is -2.11. The third kappa shape index (κ3) is 3.11. The number of benzene rings is 1. The molecule has 0 bridgehead atoms. The van der Waals surface area contributed by atoms with Gasteiger partial charge in [0.05, 0.1) is 0 Å². The maximum Gasteiger partial charge on any atom is 0.0407 e. The van der Waals surface area contributed by atoms with Gasteiger partial charge in [-0.3, -0.25) is 0 Å². The minimum absolute atomic E-state index is 0.565. The minimum atomic E-state index is 0.565. The van der Waals surface area contributed by atoms with Crippen LogP contribution < -0.4 is 4.90 Å². The van der Waals surface area contributed by atoms with Gasteiger partial charge in [0.15, 0.2) is 0 Å². The van der Waals surface area contributed by atoms with E-state index in [0.717, 1.165) is 0 Å². The summed E-state index contributed by atoms with van der Waals surface area (Å²) in [6.45, 7) is 0. The molecule has 0 fully saturated rings. The Labute approximate surface area is 84.6 Å². The van der Waals surface area contributed by atoms with E-state index < -0.39 is 0 Å². The molecular formula is C11H14ClN. The molecule has 0 radical (unpaired) electrons. The summed E-state index contributed by atoms with van der Waals surface area (Å²) in [6, 6.07) is 8.35. The number of hydrogen-bond donors (Lipinski definition) is 0. The van der Waals surface area contributed by atoms with Crippen LogP contribution in [0.1, 0.15) is 5.56 Å². The lowest BCUT2D eigenvalue weighted by atomic mass is 10.2. The molecule has 0 aromatic heterocycles. The molecule has 13 heavy (non-hydrogen) atoms. The highest BCUT2D eigenvalue weighted by atomic mass is 35.5. The Balaban J connectivity index is 2.75. The van der Waals surface area contributed by atoms with Gasteiger partial charge in [-0.05, 0) is 17.7 Å². The van der Waals surface area contributed by atoms with Crippen molar-refractivity contribution in [3.8, 4) is 0 Å². The number of alkyl halides is 1. The Morgan fingerprint density at radius 3 is 2.31 bits per heavy atom. The van der Waals surface area contributed by atoms with E-state index in [-0.39, 0.29) is 0 Å². The van der Waals surface area contributed by atoms with Crippen LogP contribution in [0.3, 0.4) is 0 Å². The quantitative estimate of drug-likeness (QED) is 0.671. The molecule has 0 aliphatic rings. The van der Waals surface area contributed by atoms with E-state index in [1.54, 1.807) is 0 Å². The van der Waals surface area contributed by atoms with Gasteiger partial charge >= 0.3 is 0 Å². The monoisotopic (exact) mass is 195 g/mol. The van der Waals surface area contributed by atoms with Gasteiger partial charge in [-0.2, -0.15) is 0 Å². The minimum Gasteiger partial charge on any atom is -0.378 e. The average molecular weight is 196 g/mol. The van der Waals surface area contributed by atoms with E-state index in [1.807, 2.05) is 26.2 Å². The molecule has 0 atom stereocenters. The van der Waals surface area contributed by atoms with Gasteiger partial charge in [-0.15, -0.1) is 11.6 Å². The topological polar surface area (TPSA) is 3.24 Å². The molecule has 0 unspecified atom stereocenters. The number of halogens is 1. The van der Waals surface area contributed by atoms with Gasteiger partial charge in [-0.25, -0.2) is 0 Å². The molecule has 1 nitrogen and oxygen atoms in total. The van der Waals surface area contributed by atoms with Gasteiger partial charge in [0.2, 0.25) is 0 Å². The summed E-state index contributed by atoms with van der Waals surface area (Å²) in [5, 5.41) is 0. The fourth-order valence-electron chi connectivity index (χ4n) is 1.06. The van der Waals surface area contributed by atoms with Gasteiger partial charge in [0.25, 0.3) is 0 Å². The van der Waals surface area contributed by atoms with Crippen molar-refractivity contribution < 1.29 is 0 Å². The van der Waals surface area contributed by atoms with Crippen LogP contribution in [0.4, 0.5) is 5.69 Å². The molecule has 1 aromatic carbocycles. The standard InChI is InChI=1S/C11H14ClN/c1-13(2)11-7-5-10(6-8-11)4-3-9-12/h3-8H,9H2,1-2H3. The van der Waals surface area contributed by atoms with Crippen molar-refractivity contribution in [3.63, 3.8) is 0 Å². The second-order valence-electron chi connectivity index (χ2n) is 3.04. The lowest BCUT2D eigenvalue weighted by molar-refractivity contribution is 1.13. The summed E-state index contributed by atoms with van der Waals surface area (Å²) >= 11 is 5.54. The van der Waals surface area contributed by atoms with Crippen molar-refractivity contribution in [3.05, 3.63) is 35.9 Å². The predicted molar refractivity (Wildman–Crippen MR) is 60.5 cm³/mol. The predicted octanol–water partition coefficient (Wildman–Crippen LogP) is 3.00. The first-order chi connectivity index (χ1) is 6.24. The number of rotatable bonds is 3. The fraction of sp³-hybridized carbons (Fsp3) is 0.273. The van der Waals surface area contributed by atoms with Crippen LogP contribution in [0.15, 0.2) is 30.3 Å². The van der Waals surface area contributed by atoms with E-state index in [4.69, 9.17) is 11.6 Å². The van der Waals surface area contributed by atoms with Crippen molar-refractivity contribution in [2.45, 2.75) is 0 Å². The zero-order valence-corrected chi connectivity index (χ0v) is 8.75. The maximum absolute atomic E-state index is 5.54. The Bertz CT molecular complexity index is 275. The van der Waals surface area contributed by atoms with Crippen molar-refractivity contribution in [2.24, 2.45) is 0 Å². The summed E-state index contributed by atoms with van der Waals surface area (Å²) in [4.78, 5) is 2.08.